The van der Waals surface area contributed by atoms with Crippen molar-refractivity contribution < 1.29 is 62.3 Å². The molecule has 0 radical (unpaired) electrons. The minimum Gasteiger partial charge on any atom is -0.480 e. The Hall–Kier alpha value is -3.70. The summed E-state index contributed by atoms with van der Waals surface area (Å²) in [4.78, 5) is 73.9. The highest BCUT2D eigenvalue weighted by Gasteiger charge is 2.62. The summed E-state index contributed by atoms with van der Waals surface area (Å²) in [5, 5.41) is 11.9. The lowest BCUT2D eigenvalue weighted by Crippen LogP contribution is -2.53. The van der Waals surface area contributed by atoms with Gasteiger partial charge < -0.3 is 44.6 Å². The fourth-order valence-electron chi connectivity index (χ4n) is 6.52. The average molecular weight is 759 g/mol. The second-order valence-corrected chi connectivity index (χ2v) is 15.9. The van der Waals surface area contributed by atoms with E-state index < -0.39 is 58.5 Å². The minimum absolute atomic E-state index is 0.0495. The Bertz CT molecular complexity index is 1330. The summed E-state index contributed by atoms with van der Waals surface area (Å²) in [6.45, 7) is 15.0. The van der Waals surface area contributed by atoms with Crippen LogP contribution in [0.15, 0.2) is 0 Å². The van der Waals surface area contributed by atoms with Gasteiger partial charge in [0.05, 0.1) is 39.5 Å². The normalized spacial score (nSPS) is 30.1. The van der Waals surface area contributed by atoms with Crippen molar-refractivity contribution in [3.63, 3.8) is 0 Å². The number of amides is 3. The molecule has 4 N–H and O–H groups in total. The van der Waals surface area contributed by atoms with Gasteiger partial charge in [0.1, 0.15) is 34.4 Å². The summed E-state index contributed by atoms with van der Waals surface area (Å²) in [5.41, 5.74) is 2.76. The highest BCUT2D eigenvalue weighted by molar-refractivity contribution is 5.94. The first-order chi connectivity index (χ1) is 24.5. The van der Waals surface area contributed by atoms with Crippen LogP contribution < -0.4 is 11.1 Å². The molecule has 53 heavy (non-hydrogen) atoms. The van der Waals surface area contributed by atoms with Gasteiger partial charge in [-0.1, -0.05) is 26.7 Å². The number of nitrogens with two attached hydrogens (primary N) is 1. The molecule has 8 atom stereocenters. The van der Waals surface area contributed by atoms with Crippen LogP contribution in [-0.4, -0.2) is 139 Å². The molecule has 2 aliphatic carbocycles. The van der Waals surface area contributed by atoms with Gasteiger partial charge in [-0.15, -0.1) is 0 Å². The summed E-state index contributed by atoms with van der Waals surface area (Å²) >= 11 is 0. The van der Waals surface area contributed by atoms with E-state index in [1.54, 1.807) is 48.7 Å². The number of ether oxygens (including phenoxy) is 6. The third-order valence-corrected chi connectivity index (χ3v) is 9.74. The molecular formula is C36H62N4O13. The molecule has 2 heterocycles. The Morgan fingerprint density at radius 3 is 1.49 bits per heavy atom. The second-order valence-electron chi connectivity index (χ2n) is 15.9. The van der Waals surface area contributed by atoms with Crippen LogP contribution >= 0.6 is 0 Å². The molecule has 2 saturated carbocycles. The Kier molecular flexibility index (Phi) is 15.5. The zero-order valence-electron chi connectivity index (χ0n) is 33.4. The van der Waals surface area contributed by atoms with Gasteiger partial charge in [0.25, 0.3) is 0 Å². The van der Waals surface area contributed by atoms with Crippen molar-refractivity contribution in [2.45, 2.75) is 140 Å². The Labute approximate surface area is 312 Å². The maximum Gasteiger partial charge on any atom is 0.411 e. The van der Waals surface area contributed by atoms with Crippen molar-refractivity contribution in [3.05, 3.63) is 0 Å². The molecule has 0 aromatic heterocycles. The van der Waals surface area contributed by atoms with Crippen molar-refractivity contribution in [2.75, 3.05) is 41.5 Å². The van der Waals surface area contributed by atoms with Crippen LogP contribution in [0, 0.1) is 11.8 Å². The molecular weight excluding hydrogens is 696 g/mol. The third kappa shape index (κ3) is 11.9. The van der Waals surface area contributed by atoms with E-state index in [0.29, 0.717) is 25.2 Å². The largest absolute Gasteiger partial charge is 0.480 e. The first kappa shape index (κ1) is 45.5. The number of esters is 2. The number of nitrogens with one attached hydrogen (secondary N) is 1. The summed E-state index contributed by atoms with van der Waals surface area (Å²) in [6.07, 6.45) is 2.04. The quantitative estimate of drug-likeness (QED) is 0.227. The Morgan fingerprint density at radius 1 is 0.717 bits per heavy atom. The number of hydrogen-bond donors (Lipinski definition) is 3. The number of hydrogen-bond acceptors (Lipinski definition) is 13. The Morgan fingerprint density at radius 2 is 1.15 bits per heavy atom. The predicted molar refractivity (Wildman–Crippen MR) is 191 cm³/mol. The molecule has 4 fully saturated rings. The average Bonchev–Trinajstić information content (AvgIpc) is 3.79. The molecule has 2 aliphatic heterocycles. The number of carbonyl (C=O) groups is 6. The third-order valence-electron chi connectivity index (χ3n) is 9.74. The number of rotatable bonds is 9. The van der Waals surface area contributed by atoms with E-state index in [0.717, 1.165) is 19.3 Å². The zero-order chi connectivity index (χ0) is 40.7. The number of likely N-dealkylation sites (tertiary alicyclic amines) is 2. The van der Waals surface area contributed by atoms with Crippen LogP contribution in [0.3, 0.4) is 0 Å². The highest BCUT2D eigenvalue weighted by atomic mass is 16.6. The molecule has 2 saturated heterocycles. The number of carbonyl (C=O) groups excluding carboxylic acids is 5. The van der Waals surface area contributed by atoms with E-state index in [1.165, 1.54) is 31.1 Å². The van der Waals surface area contributed by atoms with Crippen molar-refractivity contribution in [1.82, 2.24) is 15.1 Å². The SMILES string of the molecule is CC[C@@H]1C[C@]1(N)C(=O)OC.CC[C@@H]1C[C@]1(NC(=O)[C@@H]1C[C@@H](OC)CN1C(=O)OC(C)(C)C)C(=O)OC.CO[C@@H]1C[C@@H](C(=O)O)N(C(=O)OC(C)(C)C)C1. The lowest BCUT2D eigenvalue weighted by atomic mass is 10.1. The van der Waals surface area contributed by atoms with E-state index >= 15 is 0 Å². The summed E-state index contributed by atoms with van der Waals surface area (Å²) in [5.74, 6) is -1.72. The van der Waals surface area contributed by atoms with Crippen molar-refractivity contribution in [2.24, 2.45) is 17.6 Å². The lowest BCUT2D eigenvalue weighted by Gasteiger charge is -2.29. The molecule has 0 spiro atoms. The molecule has 17 nitrogen and oxygen atoms in total. The van der Waals surface area contributed by atoms with Crippen molar-refractivity contribution in [1.29, 1.82) is 0 Å². The van der Waals surface area contributed by atoms with E-state index in [1.807, 2.05) is 13.8 Å². The number of carboxylic acid groups (broad SMARTS) is 1. The van der Waals surface area contributed by atoms with Crippen LogP contribution in [0.25, 0.3) is 0 Å². The van der Waals surface area contributed by atoms with Gasteiger partial charge in [0.15, 0.2) is 0 Å². The maximum absolute atomic E-state index is 12.9. The number of nitrogens with zero attached hydrogens (tertiary/aromatic N) is 2. The molecule has 304 valence electrons. The summed E-state index contributed by atoms with van der Waals surface area (Å²) in [7, 11) is 5.73. The topological polar surface area (TPSA) is 223 Å². The first-order valence-electron chi connectivity index (χ1n) is 18.0. The van der Waals surface area contributed by atoms with Crippen LogP contribution in [0.5, 0.6) is 0 Å². The fourth-order valence-corrected chi connectivity index (χ4v) is 6.52. The van der Waals surface area contributed by atoms with Gasteiger partial charge in [-0.2, -0.15) is 0 Å². The standard InChI is InChI=1S/C18H30N2O6.C11H19NO5.C7H13NO2/c1-7-11-9-18(11,15(22)25-6)19-14(21)13-8-12(24-5)10-20(13)16(23)26-17(2,3)4;1-11(2,3)17-10(15)12-6-7(16-4)5-8(12)9(13)14;1-3-5-4-7(5,8)6(9)10-2/h11-13H,7-10H2,1-6H3,(H,19,21);7-8H,5-6H2,1-4H3,(H,13,14);5H,3-4,8H2,1-2H3/t11-,12-,13+,18-;7-,8+;5-,7-/m111/s1. The Balaban J connectivity index is 0.000000307. The first-order valence-corrected chi connectivity index (χ1v) is 18.0. The fraction of sp³-hybridized carbons (Fsp3) is 0.833. The van der Waals surface area contributed by atoms with Gasteiger partial charge in [0, 0.05) is 27.1 Å². The van der Waals surface area contributed by atoms with Gasteiger partial charge >= 0.3 is 30.1 Å². The predicted octanol–water partition coefficient (Wildman–Crippen LogP) is 2.85. The monoisotopic (exact) mass is 758 g/mol. The van der Waals surface area contributed by atoms with Gasteiger partial charge in [-0.3, -0.25) is 19.4 Å². The molecule has 4 aliphatic rings. The molecule has 0 unspecified atom stereocenters. The minimum atomic E-state index is -1.03. The molecule has 3 amide bonds. The molecule has 17 heteroatoms. The van der Waals surface area contributed by atoms with E-state index in [-0.39, 0.29) is 43.1 Å². The van der Waals surface area contributed by atoms with E-state index in [2.05, 4.69) is 10.1 Å². The van der Waals surface area contributed by atoms with Crippen LogP contribution in [-0.2, 0) is 47.6 Å². The van der Waals surface area contributed by atoms with Crippen LogP contribution in [0.4, 0.5) is 9.59 Å². The zero-order valence-corrected chi connectivity index (χ0v) is 33.4. The number of methoxy groups -OCH3 is 4. The molecule has 0 bridgehead atoms. The van der Waals surface area contributed by atoms with Crippen LogP contribution in [0.2, 0.25) is 0 Å². The molecule has 0 aromatic rings. The molecule has 4 rings (SSSR count). The van der Waals surface area contributed by atoms with Crippen molar-refractivity contribution in [3.8, 4) is 0 Å². The highest BCUT2D eigenvalue weighted by Crippen LogP contribution is 2.47. The summed E-state index contributed by atoms with van der Waals surface area (Å²) in [6, 6.07) is -1.61. The van der Waals surface area contributed by atoms with E-state index in [9.17, 15) is 28.8 Å². The van der Waals surface area contributed by atoms with Gasteiger partial charge in [-0.25, -0.2) is 19.2 Å². The van der Waals surface area contributed by atoms with Gasteiger partial charge in [-0.05, 0) is 66.2 Å². The van der Waals surface area contributed by atoms with Crippen LogP contribution in [0.1, 0.15) is 93.9 Å². The van der Waals surface area contributed by atoms with E-state index in [4.69, 9.17) is 34.5 Å². The molecule has 0 aromatic carbocycles. The lowest BCUT2D eigenvalue weighted by molar-refractivity contribution is -0.147. The second kappa shape index (κ2) is 18.1. The number of carboxylic acids is 1. The maximum atomic E-state index is 12.9. The summed E-state index contributed by atoms with van der Waals surface area (Å²) < 4.78 is 30.4. The van der Waals surface area contributed by atoms with Gasteiger partial charge in [0.2, 0.25) is 5.91 Å². The van der Waals surface area contributed by atoms with Crippen molar-refractivity contribution >= 4 is 36.0 Å². The number of aliphatic carboxylic acids is 1. The smallest absolute Gasteiger partial charge is 0.411 e.